The number of primary amides is 1. The third-order valence-electron chi connectivity index (χ3n) is 10.6. The number of thioether (sulfide) groups is 1. The number of rotatable bonds is 14. The molecule has 3 fully saturated rings. The summed E-state index contributed by atoms with van der Waals surface area (Å²) in [6.07, 6.45) is 0.825. The van der Waals surface area contributed by atoms with Gasteiger partial charge in [0.2, 0.25) is 11.8 Å². The molecular formula is C36H42N6O11S. The average Bonchev–Trinajstić information content (AvgIpc) is 3.81. The molecule has 0 spiro atoms. The second-order valence-corrected chi connectivity index (χ2v) is 15.5. The maximum atomic E-state index is 13.8. The highest BCUT2D eigenvalue weighted by Gasteiger charge is 2.60. The number of non-ortho nitro benzene ring substituents is 2. The van der Waals surface area contributed by atoms with Gasteiger partial charge in [-0.1, -0.05) is 6.92 Å². The smallest absolute Gasteiger partial charge is 0.410 e. The van der Waals surface area contributed by atoms with Crippen LogP contribution in [0.2, 0.25) is 0 Å². The Kier molecular flexibility index (Phi) is 11.5. The first kappa shape index (κ1) is 38.6. The molecule has 4 aliphatic heterocycles. The van der Waals surface area contributed by atoms with Gasteiger partial charge < -0.3 is 30.1 Å². The molecule has 54 heavy (non-hydrogen) atoms. The Labute approximate surface area is 314 Å². The van der Waals surface area contributed by atoms with Crippen LogP contribution in [0.15, 0.2) is 59.1 Å². The molecule has 3 amide bonds. The third kappa shape index (κ3) is 8.05. The molecule has 0 radical (unpaired) electrons. The molecule has 17 nitrogen and oxygen atoms in total. The number of nitrogens with zero attached hydrogens (tertiary/aromatic N) is 5. The highest BCUT2D eigenvalue weighted by Crippen LogP contribution is 2.52. The van der Waals surface area contributed by atoms with Crippen LogP contribution < -0.4 is 5.73 Å². The summed E-state index contributed by atoms with van der Waals surface area (Å²) in [6.45, 7) is 4.54. The zero-order valence-electron chi connectivity index (χ0n) is 29.8. The van der Waals surface area contributed by atoms with E-state index in [9.17, 15) is 44.5 Å². The van der Waals surface area contributed by atoms with Gasteiger partial charge in [-0.05, 0) is 68.1 Å². The number of aliphatic hydroxyl groups is 1. The molecule has 4 aliphatic rings. The third-order valence-corrected chi connectivity index (χ3v) is 12.1. The van der Waals surface area contributed by atoms with Gasteiger partial charge in [-0.25, -0.2) is 9.59 Å². The number of aliphatic hydroxyl groups excluding tert-OH is 1. The van der Waals surface area contributed by atoms with E-state index in [-0.39, 0.29) is 66.5 Å². The van der Waals surface area contributed by atoms with Gasteiger partial charge in [0.05, 0.1) is 27.9 Å². The van der Waals surface area contributed by atoms with E-state index in [2.05, 4.69) is 4.90 Å². The Hall–Kier alpha value is -5.07. The average molecular weight is 767 g/mol. The van der Waals surface area contributed by atoms with Crippen LogP contribution in [0, 0.1) is 32.1 Å². The maximum Gasteiger partial charge on any atom is 0.410 e. The van der Waals surface area contributed by atoms with Crippen molar-refractivity contribution in [1.82, 2.24) is 14.7 Å². The molecule has 2 aromatic carbocycles. The predicted octanol–water partition coefficient (Wildman–Crippen LogP) is 3.47. The van der Waals surface area contributed by atoms with Gasteiger partial charge in [0.15, 0.2) is 0 Å². The van der Waals surface area contributed by atoms with Crippen molar-refractivity contribution in [3.05, 3.63) is 90.5 Å². The van der Waals surface area contributed by atoms with Crippen molar-refractivity contribution >= 4 is 47.0 Å². The van der Waals surface area contributed by atoms with E-state index >= 15 is 0 Å². The van der Waals surface area contributed by atoms with E-state index < -0.39 is 51.8 Å². The quantitative estimate of drug-likeness (QED) is 0.122. The molecule has 2 aromatic rings. The summed E-state index contributed by atoms with van der Waals surface area (Å²) >= 11 is 1.38. The normalized spacial score (nSPS) is 25.6. The molecule has 3 saturated heterocycles. The van der Waals surface area contributed by atoms with Crippen molar-refractivity contribution in [3.63, 3.8) is 0 Å². The number of amides is 3. The number of hydrogen-bond donors (Lipinski definition) is 2. The second kappa shape index (κ2) is 16.1. The van der Waals surface area contributed by atoms with Crippen LogP contribution in [0.3, 0.4) is 0 Å². The summed E-state index contributed by atoms with van der Waals surface area (Å²) in [5.41, 5.74) is 6.51. The number of nitro groups is 2. The lowest BCUT2D eigenvalue weighted by molar-refractivity contribution is -0.385. The van der Waals surface area contributed by atoms with E-state index in [1.165, 1.54) is 72.1 Å². The van der Waals surface area contributed by atoms with Gasteiger partial charge in [-0.15, -0.1) is 11.8 Å². The van der Waals surface area contributed by atoms with Gasteiger partial charge in [-0.2, -0.15) is 0 Å². The summed E-state index contributed by atoms with van der Waals surface area (Å²) in [4.78, 5) is 79.5. The Morgan fingerprint density at radius 3 is 2.13 bits per heavy atom. The van der Waals surface area contributed by atoms with Gasteiger partial charge in [-0.3, -0.25) is 34.7 Å². The largest absolute Gasteiger partial charge is 0.456 e. The number of carbonyl (C=O) groups excluding carboxylic acids is 4. The van der Waals surface area contributed by atoms with E-state index in [0.717, 1.165) is 19.4 Å². The van der Waals surface area contributed by atoms with Crippen LogP contribution in [-0.4, -0.2) is 103 Å². The van der Waals surface area contributed by atoms with Gasteiger partial charge in [0.1, 0.15) is 18.9 Å². The lowest BCUT2D eigenvalue weighted by Gasteiger charge is -2.46. The Morgan fingerprint density at radius 2 is 1.57 bits per heavy atom. The first-order valence-electron chi connectivity index (χ1n) is 17.7. The lowest BCUT2D eigenvalue weighted by Crippen LogP contribution is -2.63. The number of β-lactam (4-membered cyclic amide) rings is 1. The van der Waals surface area contributed by atoms with E-state index in [0.29, 0.717) is 29.0 Å². The van der Waals surface area contributed by atoms with Crippen LogP contribution in [-0.2, 0) is 37.1 Å². The number of ether oxygens (including phenoxy) is 2. The molecule has 0 saturated carbocycles. The molecular weight excluding hydrogens is 724 g/mol. The Morgan fingerprint density at radius 1 is 0.981 bits per heavy atom. The first-order chi connectivity index (χ1) is 25.7. The fraction of sp³-hybridized carbons (Fsp3) is 0.500. The fourth-order valence-electron chi connectivity index (χ4n) is 7.95. The van der Waals surface area contributed by atoms with Gasteiger partial charge >= 0.3 is 12.1 Å². The van der Waals surface area contributed by atoms with E-state index in [1.807, 2.05) is 6.92 Å². The molecule has 18 heteroatoms. The molecule has 0 aromatic heterocycles. The van der Waals surface area contributed by atoms with Crippen molar-refractivity contribution < 1.29 is 43.6 Å². The lowest BCUT2D eigenvalue weighted by atomic mass is 9.79. The summed E-state index contributed by atoms with van der Waals surface area (Å²) in [5, 5.41) is 32.4. The zero-order valence-corrected chi connectivity index (χ0v) is 30.6. The number of likely N-dealkylation sites (tertiary alicyclic amines) is 2. The Bertz CT molecular complexity index is 1840. The predicted molar refractivity (Wildman–Crippen MR) is 193 cm³/mol. The van der Waals surface area contributed by atoms with Crippen molar-refractivity contribution in [3.8, 4) is 0 Å². The number of esters is 1. The fourth-order valence-corrected chi connectivity index (χ4v) is 9.51. The SMILES string of the molecule is C[C@@H](O)[C@H]1C(=O)N2C(C(=O)OCc3ccc([N+](=O)[O-])cc3)=C(S[C@H]3C[C@@H](CN4CCCC4CC(N)=O)N(C(=O)OCc4ccc([N+](=O)[O-])cc4)C3)[C@H](C)[C@H]12. The molecule has 3 N–H and O–H groups in total. The van der Waals surface area contributed by atoms with Crippen molar-refractivity contribution in [2.24, 2.45) is 17.6 Å². The summed E-state index contributed by atoms with van der Waals surface area (Å²) in [7, 11) is 0. The minimum Gasteiger partial charge on any atom is -0.456 e. The van der Waals surface area contributed by atoms with Gasteiger partial charge in [0.25, 0.3) is 11.4 Å². The first-order valence-corrected chi connectivity index (χ1v) is 18.6. The van der Waals surface area contributed by atoms with Crippen LogP contribution in [0.25, 0.3) is 0 Å². The summed E-state index contributed by atoms with van der Waals surface area (Å²) in [6, 6.07) is 10.4. The minimum atomic E-state index is -0.950. The minimum absolute atomic E-state index is 0.0614. The molecule has 7 atom stereocenters. The number of nitro benzene ring substituents is 2. The summed E-state index contributed by atoms with van der Waals surface area (Å²) < 4.78 is 11.4. The standard InChI is InChI=1S/C36H42N6O11S/c1-20-31-30(21(2)43)34(45)40(31)32(35(46)52-18-22-5-9-24(10-6-22)41(48)49)33(20)54-28-14-27(16-38-13-3-4-26(38)15-29(37)44)39(17-28)36(47)53-19-23-7-11-25(12-8-23)42(50)51/h5-12,20-21,26-28,30-31,43H,3-4,13-19H2,1-2H3,(H2,37,44)/t20-,21-,26?,27+,28+,30-,31-/m1/s1. The topological polar surface area (TPSA) is 229 Å². The molecule has 0 bridgehead atoms. The van der Waals surface area contributed by atoms with Crippen molar-refractivity contribution in [2.45, 2.75) is 82.2 Å². The van der Waals surface area contributed by atoms with Crippen molar-refractivity contribution in [1.29, 1.82) is 0 Å². The van der Waals surface area contributed by atoms with Crippen LogP contribution in [0.4, 0.5) is 16.2 Å². The molecule has 6 rings (SSSR count). The Balaban J connectivity index is 1.22. The second-order valence-electron chi connectivity index (χ2n) is 14.2. The van der Waals surface area contributed by atoms with Crippen LogP contribution >= 0.6 is 11.8 Å². The molecule has 0 aliphatic carbocycles. The zero-order chi connectivity index (χ0) is 38.8. The van der Waals surface area contributed by atoms with Crippen LogP contribution in [0.5, 0.6) is 0 Å². The highest BCUT2D eigenvalue weighted by molar-refractivity contribution is 8.03. The monoisotopic (exact) mass is 766 g/mol. The molecule has 4 heterocycles. The number of nitrogens with two attached hydrogens (primary N) is 1. The number of benzene rings is 2. The highest BCUT2D eigenvalue weighted by atomic mass is 32.2. The van der Waals surface area contributed by atoms with E-state index in [1.54, 1.807) is 4.90 Å². The van der Waals surface area contributed by atoms with Gasteiger partial charge in [0, 0.05) is 71.9 Å². The molecule has 288 valence electrons. The van der Waals surface area contributed by atoms with Crippen molar-refractivity contribution in [2.75, 3.05) is 19.6 Å². The summed E-state index contributed by atoms with van der Waals surface area (Å²) in [5.74, 6) is -2.60. The van der Waals surface area contributed by atoms with Crippen LogP contribution in [0.1, 0.15) is 50.7 Å². The number of carbonyl (C=O) groups is 4. The number of fused-ring (bicyclic) bond motifs is 1. The number of hydrogen-bond acceptors (Lipinski definition) is 13. The molecule has 1 unspecified atom stereocenters. The maximum absolute atomic E-state index is 13.8. The van der Waals surface area contributed by atoms with E-state index in [4.69, 9.17) is 15.2 Å².